The van der Waals surface area contributed by atoms with E-state index in [4.69, 9.17) is 14.3 Å². The Morgan fingerprint density at radius 2 is 1.05 bits per heavy atom. The van der Waals surface area contributed by atoms with Crippen LogP contribution in [0, 0.1) is 0 Å². The molecule has 0 amide bonds. The van der Waals surface area contributed by atoms with E-state index in [1.165, 1.54) is 0 Å². The number of fused-ring (bicyclic) bond motifs is 6. The molecule has 0 aliphatic heterocycles. The van der Waals surface area contributed by atoms with E-state index >= 15 is 0 Å². The monoisotopic (exact) mass is 544 g/mol. The standard InChI is InChI=1S/C40H24O2/c1-3-13-25(14-4-1)33-24-41-40-32(33)23-35-38(31-21-11-12-22-34(31)42-35)39(40)37-29-19-9-7-17-27(29)36(26-15-5-2-6-16-26)28-18-8-10-20-30(28)37/h1-24H/i7D,8D,9D,10D,17D,18D,19D,20D. The van der Waals surface area contributed by atoms with Gasteiger partial charge in [0.05, 0.1) is 17.2 Å². The third-order valence-corrected chi connectivity index (χ3v) is 7.98. The van der Waals surface area contributed by atoms with Crippen LogP contribution in [0.3, 0.4) is 0 Å². The second kappa shape index (κ2) is 8.95. The second-order valence-corrected chi connectivity index (χ2v) is 10.2. The molecule has 9 rings (SSSR count). The van der Waals surface area contributed by atoms with Crippen LogP contribution in [-0.4, -0.2) is 0 Å². The van der Waals surface area contributed by atoms with E-state index in [2.05, 4.69) is 0 Å². The van der Waals surface area contributed by atoms with Crippen molar-refractivity contribution in [2.45, 2.75) is 0 Å². The lowest BCUT2D eigenvalue weighted by molar-refractivity contribution is 0.618. The average molecular weight is 545 g/mol. The molecule has 42 heavy (non-hydrogen) atoms. The number of rotatable bonds is 3. The molecule has 2 nitrogen and oxygen atoms in total. The minimum atomic E-state index is -0.465. The maximum absolute atomic E-state index is 9.42. The van der Waals surface area contributed by atoms with Crippen LogP contribution in [0.15, 0.2) is 154 Å². The highest BCUT2D eigenvalue weighted by Gasteiger charge is 2.25. The molecule has 7 aromatic carbocycles. The molecule has 0 bridgehead atoms. The summed E-state index contributed by atoms with van der Waals surface area (Å²) in [6.07, 6.45) is 1.64. The highest BCUT2D eigenvalue weighted by molar-refractivity contribution is 6.30. The Morgan fingerprint density at radius 3 is 1.71 bits per heavy atom. The summed E-state index contributed by atoms with van der Waals surface area (Å²) in [5, 5.41) is 2.50. The number of hydrogen-bond donors (Lipinski definition) is 0. The van der Waals surface area contributed by atoms with Crippen molar-refractivity contribution in [2.24, 2.45) is 0 Å². The quantitative estimate of drug-likeness (QED) is 0.207. The van der Waals surface area contributed by atoms with Crippen molar-refractivity contribution in [1.82, 2.24) is 0 Å². The first-order chi connectivity index (χ1) is 24.2. The lowest BCUT2D eigenvalue weighted by Crippen LogP contribution is -1.92. The van der Waals surface area contributed by atoms with Crippen molar-refractivity contribution in [3.8, 4) is 33.4 Å². The summed E-state index contributed by atoms with van der Waals surface area (Å²) >= 11 is 0. The molecule has 9 aromatic rings. The molecule has 0 atom stereocenters. The van der Waals surface area contributed by atoms with Crippen molar-refractivity contribution in [2.75, 3.05) is 0 Å². The lowest BCUT2D eigenvalue weighted by atomic mass is 9.84. The van der Waals surface area contributed by atoms with Gasteiger partial charge in [0.25, 0.3) is 0 Å². The second-order valence-electron chi connectivity index (χ2n) is 10.2. The normalized spacial score (nSPS) is 14.5. The number of furan rings is 2. The number of hydrogen-bond acceptors (Lipinski definition) is 2. The predicted molar refractivity (Wildman–Crippen MR) is 175 cm³/mol. The van der Waals surface area contributed by atoms with Crippen molar-refractivity contribution in [3.05, 3.63) is 146 Å². The SMILES string of the molecule is [2H]c1c([2H])c([2H])c2c(-c3c4occ(-c5ccccc5)c4cc4oc5ccccc5c34)c3c([2H])c([2H])c([2H])c([2H])c3c(-c3ccccc3)c2c1[2H]. The maximum Gasteiger partial charge on any atom is 0.143 e. The van der Waals surface area contributed by atoms with Crippen molar-refractivity contribution >= 4 is 54.5 Å². The van der Waals surface area contributed by atoms with Crippen LogP contribution >= 0.6 is 0 Å². The fourth-order valence-corrected chi connectivity index (χ4v) is 6.22. The molecule has 0 unspecified atom stereocenters. The Kier molecular flexibility index (Phi) is 3.54. The fourth-order valence-electron chi connectivity index (χ4n) is 6.22. The molecular weight excluding hydrogens is 512 g/mol. The highest BCUT2D eigenvalue weighted by Crippen LogP contribution is 2.50. The van der Waals surface area contributed by atoms with Crippen LogP contribution < -0.4 is 0 Å². The molecule has 0 fully saturated rings. The third kappa shape index (κ3) is 3.27. The summed E-state index contributed by atoms with van der Waals surface area (Å²) in [4.78, 5) is 0. The molecule has 0 aliphatic rings. The fraction of sp³-hybridized carbons (Fsp3) is 0. The minimum absolute atomic E-state index is 0.115. The largest absolute Gasteiger partial charge is 0.463 e. The van der Waals surface area contributed by atoms with Crippen molar-refractivity contribution in [1.29, 1.82) is 0 Å². The molecule has 2 heteroatoms. The summed E-state index contributed by atoms with van der Waals surface area (Å²) in [6, 6.07) is 24.8. The zero-order valence-electron chi connectivity index (χ0n) is 30.1. The van der Waals surface area contributed by atoms with E-state index in [9.17, 15) is 5.48 Å². The Bertz CT molecular complexity index is 2810. The van der Waals surface area contributed by atoms with Gasteiger partial charge in [0, 0.05) is 32.8 Å². The molecule has 2 aromatic heterocycles. The summed E-state index contributed by atoms with van der Waals surface area (Å²) in [7, 11) is 0. The van der Waals surface area contributed by atoms with Gasteiger partial charge in [-0.15, -0.1) is 0 Å². The topological polar surface area (TPSA) is 26.3 Å². The van der Waals surface area contributed by atoms with E-state index in [0.717, 1.165) is 11.1 Å². The van der Waals surface area contributed by atoms with Gasteiger partial charge in [-0.3, -0.25) is 0 Å². The van der Waals surface area contributed by atoms with Crippen LogP contribution in [0.4, 0.5) is 0 Å². The zero-order valence-corrected chi connectivity index (χ0v) is 22.1. The summed E-state index contributed by atoms with van der Waals surface area (Å²) < 4.78 is 85.5. The van der Waals surface area contributed by atoms with E-state index in [1.54, 1.807) is 30.5 Å². The van der Waals surface area contributed by atoms with Crippen LogP contribution in [-0.2, 0) is 0 Å². The van der Waals surface area contributed by atoms with E-state index in [1.807, 2.05) is 66.7 Å². The van der Waals surface area contributed by atoms with Gasteiger partial charge in [-0.25, -0.2) is 0 Å². The van der Waals surface area contributed by atoms with Gasteiger partial charge in [0.1, 0.15) is 16.7 Å². The smallest absolute Gasteiger partial charge is 0.143 e. The van der Waals surface area contributed by atoms with E-state index < -0.39 is 24.2 Å². The first-order valence-electron chi connectivity index (χ1n) is 17.6. The molecule has 0 aliphatic carbocycles. The van der Waals surface area contributed by atoms with Gasteiger partial charge in [-0.1, -0.05) is 127 Å². The highest BCUT2D eigenvalue weighted by atomic mass is 16.3. The van der Waals surface area contributed by atoms with Crippen molar-refractivity contribution < 1.29 is 19.8 Å². The maximum atomic E-state index is 9.42. The van der Waals surface area contributed by atoms with Gasteiger partial charge >= 0.3 is 0 Å². The summed E-state index contributed by atoms with van der Waals surface area (Å²) in [5.41, 5.74) is 4.57. The molecule has 0 spiro atoms. The zero-order chi connectivity index (χ0) is 34.6. The van der Waals surface area contributed by atoms with Gasteiger partial charge in [-0.2, -0.15) is 0 Å². The first-order valence-corrected chi connectivity index (χ1v) is 13.6. The Labute approximate surface area is 253 Å². The number of benzene rings is 7. The predicted octanol–water partition coefficient (Wildman–Crippen LogP) is 11.6. The molecule has 2 heterocycles. The van der Waals surface area contributed by atoms with Gasteiger partial charge in [0.15, 0.2) is 0 Å². The summed E-state index contributed by atoms with van der Waals surface area (Å²) in [6.45, 7) is 0. The Balaban J connectivity index is 1.65. The minimum Gasteiger partial charge on any atom is -0.463 e. The Hall–Kier alpha value is -5.60. The third-order valence-electron chi connectivity index (χ3n) is 7.98. The molecule has 0 N–H and O–H groups in total. The van der Waals surface area contributed by atoms with Crippen molar-refractivity contribution in [3.63, 3.8) is 0 Å². The van der Waals surface area contributed by atoms with Crippen LogP contribution in [0.25, 0.3) is 87.8 Å². The van der Waals surface area contributed by atoms with Crippen LogP contribution in [0.5, 0.6) is 0 Å². The number of para-hydroxylation sites is 1. The lowest BCUT2D eigenvalue weighted by Gasteiger charge is -2.18. The van der Waals surface area contributed by atoms with E-state index in [0.29, 0.717) is 49.6 Å². The van der Waals surface area contributed by atoms with Crippen LogP contribution in [0.2, 0.25) is 0 Å². The molecule has 0 radical (unpaired) electrons. The summed E-state index contributed by atoms with van der Waals surface area (Å²) in [5.74, 6) is 0. The van der Waals surface area contributed by atoms with Crippen LogP contribution in [0.1, 0.15) is 11.0 Å². The van der Waals surface area contributed by atoms with Gasteiger partial charge < -0.3 is 8.83 Å². The molecule has 0 saturated heterocycles. The molecule has 196 valence electrons. The first kappa shape index (κ1) is 16.6. The van der Waals surface area contributed by atoms with Gasteiger partial charge in [0.2, 0.25) is 0 Å². The van der Waals surface area contributed by atoms with Gasteiger partial charge in [-0.05, 0) is 50.4 Å². The Morgan fingerprint density at radius 1 is 0.476 bits per heavy atom. The molecule has 0 saturated carbocycles. The molecular formula is C40H24O2. The van der Waals surface area contributed by atoms with E-state index in [-0.39, 0.29) is 51.3 Å². The average Bonchev–Trinajstić information content (AvgIpc) is 3.74.